The number of likely N-dealkylation sites (N-methyl/N-ethyl adjacent to an activating group) is 1. The summed E-state index contributed by atoms with van der Waals surface area (Å²) in [5.41, 5.74) is 2.49. The molecule has 2 N–H and O–H groups in total. The predicted molar refractivity (Wildman–Crippen MR) is 87.8 cm³/mol. The van der Waals surface area contributed by atoms with E-state index in [1.807, 2.05) is 0 Å². The van der Waals surface area contributed by atoms with Crippen LogP contribution in [0.15, 0.2) is 24.3 Å². The van der Waals surface area contributed by atoms with Crippen LogP contribution in [0.4, 0.5) is 4.79 Å². The minimum Gasteiger partial charge on any atom is -0.395 e. The lowest BCUT2D eigenvalue weighted by Gasteiger charge is -2.29. The Hall–Kier alpha value is -1.59. The number of aliphatic hydroxyl groups excluding tert-OH is 1. The van der Waals surface area contributed by atoms with Gasteiger partial charge in [-0.15, -0.1) is 0 Å². The van der Waals surface area contributed by atoms with E-state index >= 15 is 0 Å². The minimum absolute atomic E-state index is 0.0164. The molecule has 1 aliphatic rings. The van der Waals surface area contributed by atoms with E-state index in [0.717, 1.165) is 13.1 Å². The van der Waals surface area contributed by atoms with Crippen LogP contribution in [-0.4, -0.2) is 60.8 Å². The summed E-state index contributed by atoms with van der Waals surface area (Å²) in [7, 11) is 1.70. The number of benzene rings is 1. The minimum atomic E-state index is -0.134. The van der Waals surface area contributed by atoms with E-state index in [4.69, 9.17) is 5.11 Å². The highest BCUT2D eigenvalue weighted by atomic mass is 16.3. The number of amides is 2. The van der Waals surface area contributed by atoms with Gasteiger partial charge in [0.2, 0.25) is 0 Å². The lowest BCUT2D eigenvalue weighted by molar-refractivity contribution is 0.183. The zero-order chi connectivity index (χ0) is 15.9. The molecule has 2 amide bonds. The summed E-state index contributed by atoms with van der Waals surface area (Å²) in [6.07, 6.45) is 2.45. The van der Waals surface area contributed by atoms with Gasteiger partial charge in [0.05, 0.1) is 12.6 Å². The van der Waals surface area contributed by atoms with E-state index in [9.17, 15) is 4.79 Å². The number of aliphatic hydroxyl groups is 1. The van der Waals surface area contributed by atoms with Crippen LogP contribution >= 0.6 is 0 Å². The molecule has 1 aromatic carbocycles. The topological polar surface area (TPSA) is 55.8 Å². The molecule has 1 heterocycles. The van der Waals surface area contributed by atoms with Crippen LogP contribution in [0, 0.1) is 6.92 Å². The Labute approximate surface area is 132 Å². The third-order valence-corrected chi connectivity index (χ3v) is 4.27. The Kier molecular flexibility index (Phi) is 6.21. The van der Waals surface area contributed by atoms with Crippen molar-refractivity contribution >= 4 is 6.03 Å². The van der Waals surface area contributed by atoms with Gasteiger partial charge in [-0.2, -0.15) is 0 Å². The fourth-order valence-corrected chi connectivity index (χ4v) is 2.87. The highest BCUT2D eigenvalue weighted by molar-refractivity contribution is 5.73. The molecule has 0 spiro atoms. The van der Waals surface area contributed by atoms with Crippen LogP contribution in [0.1, 0.15) is 30.0 Å². The van der Waals surface area contributed by atoms with Crippen LogP contribution in [0.2, 0.25) is 0 Å². The van der Waals surface area contributed by atoms with E-state index in [-0.39, 0.29) is 18.7 Å². The fraction of sp³-hybridized carbons (Fsp3) is 0.588. The van der Waals surface area contributed by atoms with Gasteiger partial charge in [-0.1, -0.05) is 29.8 Å². The summed E-state index contributed by atoms with van der Waals surface area (Å²) in [6.45, 7) is 5.18. The first kappa shape index (κ1) is 16.8. The van der Waals surface area contributed by atoms with Gasteiger partial charge in [-0.25, -0.2) is 4.79 Å². The third kappa shape index (κ3) is 4.45. The van der Waals surface area contributed by atoms with E-state index in [1.165, 1.54) is 28.9 Å². The van der Waals surface area contributed by atoms with Gasteiger partial charge < -0.3 is 15.3 Å². The lowest BCUT2D eigenvalue weighted by Crippen LogP contribution is -2.43. The molecular formula is C17H27N3O2. The second kappa shape index (κ2) is 8.15. The second-order valence-electron chi connectivity index (χ2n) is 6.00. The average molecular weight is 305 g/mol. The van der Waals surface area contributed by atoms with Gasteiger partial charge in [0.1, 0.15) is 0 Å². The highest BCUT2D eigenvalue weighted by Gasteiger charge is 2.24. The van der Waals surface area contributed by atoms with Crippen molar-refractivity contribution in [1.29, 1.82) is 0 Å². The molecule has 1 aliphatic heterocycles. The number of nitrogens with zero attached hydrogens (tertiary/aromatic N) is 2. The smallest absolute Gasteiger partial charge is 0.317 e. The van der Waals surface area contributed by atoms with Crippen molar-refractivity contribution in [2.45, 2.75) is 25.8 Å². The van der Waals surface area contributed by atoms with Crippen LogP contribution in [0.3, 0.4) is 0 Å². The maximum atomic E-state index is 12.0. The number of carbonyl (C=O) groups is 1. The molecule has 2 rings (SSSR count). The Bertz CT molecular complexity index is 469. The van der Waals surface area contributed by atoms with Gasteiger partial charge >= 0.3 is 6.03 Å². The third-order valence-electron chi connectivity index (χ3n) is 4.27. The number of hydrogen-bond acceptors (Lipinski definition) is 3. The van der Waals surface area contributed by atoms with Crippen molar-refractivity contribution in [3.8, 4) is 0 Å². The highest BCUT2D eigenvalue weighted by Crippen LogP contribution is 2.24. The SMILES string of the molecule is Cc1ccc(C(CNC(=O)N(C)CCO)N2CCCC2)cc1. The van der Waals surface area contributed by atoms with E-state index in [0.29, 0.717) is 13.1 Å². The Balaban J connectivity index is 2.02. The van der Waals surface area contributed by atoms with Crippen LogP contribution < -0.4 is 5.32 Å². The van der Waals surface area contributed by atoms with Crippen LogP contribution in [0.5, 0.6) is 0 Å². The van der Waals surface area contributed by atoms with E-state index < -0.39 is 0 Å². The first-order chi connectivity index (χ1) is 10.6. The number of rotatable bonds is 6. The summed E-state index contributed by atoms with van der Waals surface area (Å²) in [5.74, 6) is 0. The summed E-state index contributed by atoms with van der Waals surface area (Å²) >= 11 is 0. The molecule has 0 saturated carbocycles. The number of aryl methyl sites for hydroxylation is 1. The molecule has 1 atom stereocenters. The maximum absolute atomic E-state index is 12.0. The molecule has 5 heteroatoms. The van der Waals surface area contributed by atoms with E-state index in [2.05, 4.69) is 41.4 Å². The second-order valence-corrected chi connectivity index (χ2v) is 6.00. The van der Waals surface area contributed by atoms with Crippen molar-refractivity contribution in [3.63, 3.8) is 0 Å². The number of nitrogens with one attached hydrogen (secondary N) is 1. The standard InChI is InChI=1S/C17H27N3O2/c1-14-5-7-15(8-6-14)16(20-9-3-4-10-20)13-18-17(22)19(2)11-12-21/h5-8,16,21H,3-4,9-13H2,1-2H3,(H,18,22). The Morgan fingerprint density at radius 1 is 1.32 bits per heavy atom. The van der Waals surface area contributed by atoms with Crippen molar-refractivity contribution in [2.75, 3.05) is 39.8 Å². The lowest BCUT2D eigenvalue weighted by atomic mass is 10.0. The monoisotopic (exact) mass is 305 g/mol. The first-order valence-corrected chi connectivity index (χ1v) is 8.02. The summed E-state index contributed by atoms with van der Waals surface area (Å²) in [5, 5.41) is 11.9. The van der Waals surface area contributed by atoms with Gasteiger partial charge in [0, 0.05) is 20.1 Å². The van der Waals surface area contributed by atoms with Gasteiger partial charge in [0.15, 0.2) is 0 Å². The molecule has 0 aromatic heterocycles. The van der Waals surface area contributed by atoms with Crippen molar-refractivity contribution < 1.29 is 9.90 Å². The molecule has 1 aromatic rings. The molecule has 0 radical (unpaired) electrons. The number of hydrogen-bond donors (Lipinski definition) is 2. The zero-order valence-corrected chi connectivity index (χ0v) is 13.6. The number of likely N-dealkylation sites (tertiary alicyclic amines) is 1. The maximum Gasteiger partial charge on any atom is 0.317 e. The van der Waals surface area contributed by atoms with Gasteiger partial charge in [0.25, 0.3) is 0 Å². The Morgan fingerprint density at radius 2 is 1.95 bits per heavy atom. The van der Waals surface area contributed by atoms with Crippen LogP contribution in [-0.2, 0) is 0 Å². The predicted octanol–water partition coefficient (Wildman–Crippen LogP) is 1.77. The molecule has 1 saturated heterocycles. The quantitative estimate of drug-likeness (QED) is 0.842. The van der Waals surface area contributed by atoms with Crippen molar-refractivity contribution in [2.24, 2.45) is 0 Å². The Morgan fingerprint density at radius 3 is 2.55 bits per heavy atom. The van der Waals surface area contributed by atoms with Crippen molar-refractivity contribution in [1.82, 2.24) is 15.1 Å². The average Bonchev–Trinajstić information content (AvgIpc) is 3.03. The number of carbonyl (C=O) groups excluding carboxylic acids is 1. The van der Waals surface area contributed by atoms with Gasteiger partial charge in [-0.3, -0.25) is 4.90 Å². The van der Waals surface area contributed by atoms with Crippen LogP contribution in [0.25, 0.3) is 0 Å². The zero-order valence-electron chi connectivity index (χ0n) is 13.6. The molecule has 22 heavy (non-hydrogen) atoms. The molecule has 0 aliphatic carbocycles. The normalized spacial score (nSPS) is 16.5. The largest absolute Gasteiger partial charge is 0.395 e. The fourth-order valence-electron chi connectivity index (χ4n) is 2.87. The van der Waals surface area contributed by atoms with E-state index in [1.54, 1.807) is 7.05 Å². The molecular weight excluding hydrogens is 278 g/mol. The molecule has 0 bridgehead atoms. The molecule has 122 valence electrons. The van der Waals surface area contributed by atoms with Gasteiger partial charge in [-0.05, 0) is 38.4 Å². The first-order valence-electron chi connectivity index (χ1n) is 8.02. The summed E-state index contributed by atoms with van der Waals surface area (Å²) in [6, 6.07) is 8.64. The molecule has 1 unspecified atom stereocenters. The summed E-state index contributed by atoms with van der Waals surface area (Å²) < 4.78 is 0. The van der Waals surface area contributed by atoms with Crippen molar-refractivity contribution in [3.05, 3.63) is 35.4 Å². The number of urea groups is 1. The molecule has 1 fully saturated rings. The summed E-state index contributed by atoms with van der Waals surface area (Å²) in [4.78, 5) is 16.0. The molecule has 5 nitrogen and oxygen atoms in total.